The summed E-state index contributed by atoms with van der Waals surface area (Å²) in [6.07, 6.45) is 2.03. The summed E-state index contributed by atoms with van der Waals surface area (Å²) in [5, 5.41) is 18.4. The van der Waals surface area contributed by atoms with E-state index in [0.29, 0.717) is 18.3 Å². The first kappa shape index (κ1) is 20.5. The molecule has 3 rings (SSSR count). The Hall–Kier alpha value is -2.25. The van der Waals surface area contributed by atoms with Crippen molar-refractivity contribution in [3.63, 3.8) is 0 Å². The third-order valence-electron chi connectivity index (χ3n) is 5.39. The van der Waals surface area contributed by atoms with Crippen molar-refractivity contribution >= 4 is 5.91 Å². The van der Waals surface area contributed by atoms with Gasteiger partial charge in [0.15, 0.2) is 5.69 Å². The maximum Gasteiger partial charge on any atom is 0.273 e. The van der Waals surface area contributed by atoms with E-state index in [0.717, 1.165) is 31.6 Å². The van der Waals surface area contributed by atoms with Crippen LogP contribution in [0.3, 0.4) is 0 Å². The van der Waals surface area contributed by atoms with Gasteiger partial charge in [-0.05, 0) is 59.2 Å². The van der Waals surface area contributed by atoms with E-state index in [2.05, 4.69) is 59.2 Å². The topological polar surface area (TPSA) is 83.9 Å². The van der Waals surface area contributed by atoms with Gasteiger partial charge in [-0.2, -0.15) is 0 Å². The number of nitrogens with one attached hydrogen (secondary N) is 3. The molecule has 7 heteroatoms. The van der Waals surface area contributed by atoms with Crippen molar-refractivity contribution in [2.45, 2.75) is 58.2 Å². The van der Waals surface area contributed by atoms with Crippen LogP contribution >= 0.6 is 0 Å². The molecule has 0 aliphatic carbocycles. The number of carbonyl (C=O) groups excluding carboxylic acids is 1. The number of carbonyl (C=O) groups is 1. The maximum atomic E-state index is 12.7. The van der Waals surface area contributed by atoms with Crippen molar-refractivity contribution in [2.75, 3.05) is 19.6 Å². The Morgan fingerprint density at radius 3 is 2.64 bits per heavy atom. The molecule has 0 radical (unpaired) electrons. The number of rotatable bonds is 7. The molecule has 7 nitrogen and oxygen atoms in total. The number of hydrogen-bond acceptors (Lipinski definition) is 5. The minimum absolute atomic E-state index is 0.167. The van der Waals surface area contributed by atoms with Crippen LogP contribution in [-0.2, 0) is 0 Å². The van der Waals surface area contributed by atoms with Crippen LogP contribution in [0.25, 0.3) is 0 Å². The molecule has 1 aliphatic heterocycles. The second-order valence-corrected chi connectivity index (χ2v) is 8.29. The third kappa shape index (κ3) is 4.97. The summed E-state index contributed by atoms with van der Waals surface area (Å²) in [5.41, 5.74) is 2.23. The van der Waals surface area contributed by atoms with E-state index in [1.165, 1.54) is 5.56 Å². The Labute approximate surface area is 167 Å². The standard InChI is InChI=1S/C21H32N6O/c1-15(17-8-6-5-7-9-17)24-21(3,4)14-23-20(28)19-16(2)27(26-25-19)18-10-12-22-13-11-18/h5-9,15,18,22,24H,10-14H2,1-4H3,(H,23,28). The molecule has 2 aromatic rings. The predicted molar refractivity (Wildman–Crippen MR) is 110 cm³/mol. The molecule has 1 atom stereocenters. The monoisotopic (exact) mass is 384 g/mol. The molecule has 1 saturated heterocycles. The highest BCUT2D eigenvalue weighted by atomic mass is 16.2. The van der Waals surface area contributed by atoms with Gasteiger partial charge in [0.25, 0.3) is 5.91 Å². The SMILES string of the molecule is Cc1c(C(=O)NCC(C)(C)NC(C)c2ccccc2)nnn1C1CCNCC1. The lowest BCUT2D eigenvalue weighted by Gasteiger charge is -2.30. The Morgan fingerprint density at radius 2 is 1.96 bits per heavy atom. The van der Waals surface area contributed by atoms with E-state index in [4.69, 9.17) is 0 Å². The van der Waals surface area contributed by atoms with Gasteiger partial charge >= 0.3 is 0 Å². The van der Waals surface area contributed by atoms with Crippen LogP contribution in [0.2, 0.25) is 0 Å². The largest absolute Gasteiger partial charge is 0.349 e. The summed E-state index contributed by atoms with van der Waals surface area (Å²) < 4.78 is 1.91. The highest BCUT2D eigenvalue weighted by molar-refractivity contribution is 5.93. The lowest BCUT2D eigenvalue weighted by atomic mass is 10.0. The molecule has 0 saturated carbocycles. The van der Waals surface area contributed by atoms with Gasteiger partial charge in [0.1, 0.15) is 0 Å². The fraction of sp³-hybridized carbons (Fsp3) is 0.571. The van der Waals surface area contributed by atoms with Gasteiger partial charge in [0.05, 0.1) is 11.7 Å². The first-order chi connectivity index (χ1) is 13.4. The van der Waals surface area contributed by atoms with Gasteiger partial charge in [-0.25, -0.2) is 4.68 Å². The van der Waals surface area contributed by atoms with Crippen LogP contribution in [0.15, 0.2) is 30.3 Å². The summed E-state index contributed by atoms with van der Waals surface area (Å²) >= 11 is 0. The van der Waals surface area contributed by atoms with Gasteiger partial charge in [-0.15, -0.1) is 5.10 Å². The molecular formula is C21H32N6O. The summed E-state index contributed by atoms with van der Waals surface area (Å²) in [6, 6.07) is 10.8. The summed E-state index contributed by atoms with van der Waals surface area (Å²) in [6.45, 7) is 10.7. The van der Waals surface area contributed by atoms with E-state index < -0.39 is 0 Å². The molecule has 1 aromatic heterocycles. The van der Waals surface area contributed by atoms with Crippen LogP contribution in [0.4, 0.5) is 0 Å². The Bertz CT molecular complexity index is 779. The van der Waals surface area contributed by atoms with Crippen LogP contribution in [-0.4, -0.2) is 46.1 Å². The van der Waals surface area contributed by atoms with Gasteiger partial charge in [-0.3, -0.25) is 4.79 Å². The molecule has 0 bridgehead atoms. The number of amides is 1. The maximum absolute atomic E-state index is 12.7. The van der Waals surface area contributed by atoms with Crippen molar-refractivity contribution in [2.24, 2.45) is 0 Å². The first-order valence-corrected chi connectivity index (χ1v) is 10.1. The minimum Gasteiger partial charge on any atom is -0.349 e. The summed E-state index contributed by atoms with van der Waals surface area (Å²) in [4.78, 5) is 12.7. The number of piperidine rings is 1. The molecular weight excluding hydrogens is 352 g/mol. The van der Waals surface area contributed by atoms with Crippen molar-refractivity contribution in [1.82, 2.24) is 30.9 Å². The van der Waals surface area contributed by atoms with E-state index in [1.807, 2.05) is 29.8 Å². The smallest absolute Gasteiger partial charge is 0.273 e. The second-order valence-electron chi connectivity index (χ2n) is 8.29. The highest BCUT2D eigenvalue weighted by Gasteiger charge is 2.25. The van der Waals surface area contributed by atoms with Gasteiger partial charge in [0.2, 0.25) is 0 Å². The predicted octanol–water partition coefficient (Wildman–Crippen LogP) is 2.37. The zero-order valence-corrected chi connectivity index (χ0v) is 17.3. The molecule has 1 aliphatic rings. The molecule has 1 amide bonds. The first-order valence-electron chi connectivity index (χ1n) is 10.1. The van der Waals surface area contributed by atoms with Gasteiger partial charge in [0, 0.05) is 18.1 Å². The van der Waals surface area contributed by atoms with Crippen molar-refractivity contribution in [1.29, 1.82) is 0 Å². The summed E-state index contributed by atoms with van der Waals surface area (Å²) in [7, 11) is 0. The molecule has 1 unspecified atom stereocenters. The van der Waals surface area contributed by atoms with E-state index >= 15 is 0 Å². The van der Waals surface area contributed by atoms with Crippen molar-refractivity contribution in [3.05, 3.63) is 47.3 Å². The van der Waals surface area contributed by atoms with Crippen molar-refractivity contribution in [3.8, 4) is 0 Å². The Morgan fingerprint density at radius 1 is 1.29 bits per heavy atom. The fourth-order valence-corrected chi connectivity index (χ4v) is 3.80. The molecule has 2 heterocycles. The highest BCUT2D eigenvalue weighted by Crippen LogP contribution is 2.20. The zero-order chi connectivity index (χ0) is 20.1. The lowest BCUT2D eigenvalue weighted by molar-refractivity contribution is 0.0935. The quantitative estimate of drug-likeness (QED) is 0.683. The van der Waals surface area contributed by atoms with Crippen LogP contribution < -0.4 is 16.0 Å². The number of nitrogens with zero attached hydrogens (tertiary/aromatic N) is 3. The van der Waals surface area contributed by atoms with Gasteiger partial charge in [-0.1, -0.05) is 35.5 Å². The average Bonchev–Trinajstić information content (AvgIpc) is 3.08. The number of aromatic nitrogens is 3. The van der Waals surface area contributed by atoms with Crippen molar-refractivity contribution < 1.29 is 4.79 Å². The van der Waals surface area contributed by atoms with Gasteiger partial charge < -0.3 is 16.0 Å². The van der Waals surface area contributed by atoms with E-state index in [1.54, 1.807) is 0 Å². The summed E-state index contributed by atoms with van der Waals surface area (Å²) in [5.74, 6) is -0.167. The average molecular weight is 385 g/mol. The number of benzene rings is 1. The minimum atomic E-state index is -0.260. The molecule has 0 spiro atoms. The van der Waals surface area contributed by atoms with Crippen LogP contribution in [0, 0.1) is 6.92 Å². The normalized spacial score (nSPS) is 16.7. The molecule has 3 N–H and O–H groups in total. The van der Waals surface area contributed by atoms with Crippen LogP contribution in [0.5, 0.6) is 0 Å². The fourth-order valence-electron chi connectivity index (χ4n) is 3.80. The molecule has 1 fully saturated rings. The van der Waals surface area contributed by atoms with E-state index in [9.17, 15) is 4.79 Å². The lowest BCUT2D eigenvalue weighted by Crippen LogP contribution is -2.50. The second kappa shape index (κ2) is 8.84. The van der Waals surface area contributed by atoms with E-state index in [-0.39, 0.29) is 17.5 Å². The molecule has 152 valence electrons. The van der Waals surface area contributed by atoms with Crippen LogP contribution in [0.1, 0.15) is 67.4 Å². The third-order valence-corrected chi connectivity index (χ3v) is 5.39. The number of hydrogen-bond donors (Lipinski definition) is 3. The Kier molecular flexibility index (Phi) is 6.46. The zero-order valence-electron chi connectivity index (χ0n) is 17.3. The Balaban J connectivity index is 1.58. The molecule has 1 aromatic carbocycles. The molecule has 28 heavy (non-hydrogen) atoms.